The number of benzene rings is 1. The molecule has 1 saturated carbocycles. The summed E-state index contributed by atoms with van der Waals surface area (Å²) in [6.07, 6.45) is 5.00. The number of sulfonamides is 1. The summed E-state index contributed by atoms with van der Waals surface area (Å²) in [7, 11) is -0.252. The van der Waals surface area contributed by atoms with Gasteiger partial charge in [-0.05, 0) is 44.9 Å². The average molecular weight is 506 g/mol. The first kappa shape index (κ1) is 25.5. The fourth-order valence-electron chi connectivity index (χ4n) is 4.39. The van der Waals surface area contributed by atoms with E-state index in [-0.39, 0.29) is 46.6 Å². The minimum absolute atomic E-state index is 0.0526. The Balaban J connectivity index is 1.72. The number of fused-ring (bicyclic) bond motifs is 1. The summed E-state index contributed by atoms with van der Waals surface area (Å²) in [4.78, 5) is 21.4. The highest BCUT2D eigenvalue weighted by Crippen LogP contribution is 2.36. The Kier molecular flexibility index (Phi) is 7.39. The van der Waals surface area contributed by atoms with Crippen LogP contribution in [0.25, 0.3) is 0 Å². The highest BCUT2D eigenvalue weighted by atomic mass is 32.2. The number of hydrogen-bond donors (Lipinski definition) is 2. The molecule has 0 spiro atoms. The van der Waals surface area contributed by atoms with Gasteiger partial charge in [0.1, 0.15) is 6.10 Å². The molecular weight excluding hydrogens is 470 g/mol. The first-order valence-electron chi connectivity index (χ1n) is 12.0. The molecule has 2 aliphatic rings. The second-order valence-electron chi connectivity index (χ2n) is 9.95. The lowest BCUT2D eigenvalue weighted by molar-refractivity contribution is 0.0346. The van der Waals surface area contributed by atoms with Crippen LogP contribution in [0.3, 0.4) is 0 Å². The maximum Gasteiger partial charge on any atom is 0.281 e. The lowest BCUT2D eigenvalue weighted by atomic mass is 9.99. The van der Waals surface area contributed by atoms with Crippen LogP contribution in [0, 0.1) is 11.8 Å². The van der Waals surface area contributed by atoms with E-state index in [0.29, 0.717) is 19.0 Å². The number of imidazole rings is 1. The average Bonchev–Trinajstić information content (AvgIpc) is 3.51. The van der Waals surface area contributed by atoms with Gasteiger partial charge in [0.05, 0.1) is 30.2 Å². The number of carbonyl (C=O) groups excluding carboxylic acids is 1. The molecule has 0 bridgehead atoms. The van der Waals surface area contributed by atoms with Gasteiger partial charge in [-0.3, -0.25) is 9.52 Å². The van der Waals surface area contributed by atoms with E-state index < -0.39 is 16.1 Å². The van der Waals surface area contributed by atoms with Gasteiger partial charge in [-0.25, -0.2) is 4.98 Å². The van der Waals surface area contributed by atoms with Gasteiger partial charge in [-0.2, -0.15) is 8.42 Å². The Morgan fingerprint density at radius 1 is 1.31 bits per heavy atom. The summed E-state index contributed by atoms with van der Waals surface area (Å²) < 4.78 is 36.6. The number of nitrogens with one attached hydrogen (secondary N) is 1. The van der Waals surface area contributed by atoms with Gasteiger partial charge in [0, 0.05) is 38.8 Å². The number of anilines is 1. The van der Waals surface area contributed by atoms with Crippen LogP contribution in [0.2, 0.25) is 0 Å². The standard InChI is InChI=1S/C24H35N5O5S/c1-16-10-29(17(2)14-30)24(31)19-6-5-7-20(26-35(32,33)22-13-28(4)15-25-22)23(19)34-21(16)12-27(3)11-18-8-9-18/h5-7,13,15-18,21,26,30H,8-12,14H2,1-4H3/t16-,17+,21-/m1/s1. The number of likely N-dealkylation sites (N-methyl/N-ethyl adjacent to an activating group) is 1. The Hall–Kier alpha value is -2.63. The van der Waals surface area contributed by atoms with E-state index in [1.165, 1.54) is 25.4 Å². The highest BCUT2D eigenvalue weighted by molar-refractivity contribution is 7.92. The zero-order chi connectivity index (χ0) is 25.3. The predicted octanol–water partition coefficient (Wildman–Crippen LogP) is 1.78. The van der Waals surface area contributed by atoms with Gasteiger partial charge in [0.25, 0.3) is 15.9 Å². The molecule has 0 unspecified atom stereocenters. The molecule has 3 atom stereocenters. The molecule has 11 heteroatoms. The SMILES string of the molecule is C[C@@H]1CN([C@@H](C)CO)C(=O)c2cccc(NS(=O)(=O)c3cn(C)cn3)c2O[C@@H]1CN(C)CC1CC1. The Labute approximate surface area is 206 Å². The van der Waals surface area contributed by atoms with Gasteiger partial charge in [0.15, 0.2) is 10.8 Å². The largest absolute Gasteiger partial charge is 0.486 e. The van der Waals surface area contributed by atoms with Crippen molar-refractivity contribution in [1.29, 1.82) is 0 Å². The number of para-hydroxylation sites is 1. The molecule has 192 valence electrons. The molecule has 0 saturated heterocycles. The number of aliphatic hydroxyl groups is 1. The molecule has 10 nitrogen and oxygen atoms in total. The minimum Gasteiger partial charge on any atom is -0.486 e. The van der Waals surface area contributed by atoms with E-state index in [0.717, 1.165) is 6.54 Å². The molecule has 1 aliphatic carbocycles. The zero-order valence-electron chi connectivity index (χ0n) is 20.7. The summed E-state index contributed by atoms with van der Waals surface area (Å²) in [5, 5.41) is 9.69. The quantitative estimate of drug-likeness (QED) is 0.534. The number of ether oxygens (including phenoxy) is 1. The number of carbonyl (C=O) groups is 1. The van der Waals surface area contributed by atoms with Crippen molar-refractivity contribution in [2.75, 3.05) is 38.0 Å². The van der Waals surface area contributed by atoms with Gasteiger partial charge in [-0.15, -0.1) is 0 Å². The van der Waals surface area contributed by atoms with Crippen molar-refractivity contribution in [1.82, 2.24) is 19.4 Å². The van der Waals surface area contributed by atoms with Crippen molar-refractivity contribution < 1.29 is 23.1 Å². The third kappa shape index (κ3) is 5.79. The highest BCUT2D eigenvalue weighted by Gasteiger charge is 2.35. The first-order chi connectivity index (χ1) is 16.6. The number of rotatable bonds is 9. The van der Waals surface area contributed by atoms with E-state index >= 15 is 0 Å². The van der Waals surface area contributed by atoms with Crippen LogP contribution in [0.5, 0.6) is 5.75 Å². The number of aromatic nitrogens is 2. The summed E-state index contributed by atoms with van der Waals surface area (Å²) >= 11 is 0. The van der Waals surface area contributed by atoms with Crippen molar-refractivity contribution in [2.45, 2.75) is 43.9 Å². The molecule has 1 aromatic carbocycles. The lowest BCUT2D eigenvalue weighted by Crippen LogP contribution is -2.50. The van der Waals surface area contributed by atoms with Gasteiger partial charge in [0.2, 0.25) is 0 Å². The summed E-state index contributed by atoms with van der Waals surface area (Å²) in [6, 6.07) is 4.45. The monoisotopic (exact) mass is 505 g/mol. The van der Waals surface area contributed by atoms with Crippen molar-refractivity contribution in [2.24, 2.45) is 18.9 Å². The van der Waals surface area contributed by atoms with Crippen LogP contribution in [-0.4, -0.2) is 84.2 Å². The maximum absolute atomic E-state index is 13.5. The molecule has 0 radical (unpaired) electrons. The number of nitrogens with zero attached hydrogens (tertiary/aromatic N) is 4. The Morgan fingerprint density at radius 2 is 2.06 bits per heavy atom. The van der Waals surface area contributed by atoms with Crippen LogP contribution in [0.1, 0.15) is 37.0 Å². The lowest BCUT2D eigenvalue weighted by Gasteiger charge is -2.38. The Morgan fingerprint density at radius 3 is 2.69 bits per heavy atom. The van der Waals surface area contributed by atoms with Crippen LogP contribution in [0.15, 0.2) is 35.7 Å². The van der Waals surface area contributed by atoms with Crippen molar-refractivity contribution in [3.8, 4) is 5.75 Å². The van der Waals surface area contributed by atoms with E-state index in [4.69, 9.17) is 4.74 Å². The predicted molar refractivity (Wildman–Crippen MR) is 132 cm³/mol. The Bertz CT molecular complexity index is 1160. The smallest absolute Gasteiger partial charge is 0.281 e. The molecule has 2 N–H and O–H groups in total. The van der Waals surface area contributed by atoms with Crippen molar-refractivity contribution >= 4 is 21.6 Å². The van der Waals surface area contributed by atoms with Gasteiger partial charge in [-0.1, -0.05) is 13.0 Å². The second-order valence-corrected chi connectivity index (χ2v) is 11.6. The summed E-state index contributed by atoms with van der Waals surface area (Å²) in [5.41, 5.74) is 0.440. The normalized spacial score (nSPS) is 21.8. The number of amides is 1. The molecule has 1 fully saturated rings. The summed E-state index contributed by atoms with van der Waals surface area (Å²) in [5.74, 6) is 0.549. The second kappa shape index (κ2) is 10.2. The molecule has 1 aliphatic heterocycles. The van der Waals surface area contributed by atoms with Crippen molar-refractivity contribution in [3.05, 3.63) is 36.3 Å². The first-order valence-corrected chi connectivity index (χ1v) is 13.5. The van der Waals surface area contributed by atoms with E-state index in [1.54, 1.807) is 41.6 Å². The van der Waals surface area contributed by atoms with Crippen LogP contribution >= 0.6 is 0 Å². The van der Waals surface area contributed by atoms with E-state index in [2.05, 4.69) is 21.7 Å². The van der Waals surface area contributed by atoms with E-state index in [9.17, 15) is 18.3 Å². The number of hydrogen-bond acceptors (Lipinski definition) is 7. The van der Waals surface area contributed by atoms with Crippen LogP contribution in [-0.2, 0) is 17.1 Å². The fraction of sp³-hybridized carbons (Fsp3) is 0.583. The van der Waals surface area contributed by atoms with Crippen molar-refractivity contribution in [3.63, 3.8) is 0 Å². The maximum atomic E-state index is 13.5. The molecular formula is C24H35N5O5S. The van der Waals surface area contributed by atoms with Gasteiger partial charge >= 0.3 is 0 Å². The fourth-order valence-corrected chi connectivity index (χ4v) is 5.43. The third-order valence-electron chi connectivity index (χ3n) is 6.65. The minimum atomic E-state index is -4.00. The molecule has 35 heavy (non-hydrogen) atoms. The third-order valence-corrected chi connectivity index (χ3v) is 7.90. The number of aryl methyl sites for hydroxylation is 1. The van der Waals surface area contributed by atoms with Crippen LogP contribution < -0.4 is 9.46 Å². The zero-order valence-corrected chi connectivity index (χ0v) is 21.5. The topological polar surface area (TPSA) is 117 Å². The summed E-state index contributed by atoms with van der Waals surface area (Å²) in [6.45, 7) is 5.68. The molecule has 4 rings (SSSR count). The van der Waals surface area contributed by atoms with Crippen LogP contribution in [0.4, 0.5) is 5.69 Å². The number of aliphatic hydroxyl groups excluding tert-OH is 1. The van der Waals surface area contributed by atoms with Gasteiger partial charge < -0.3 is 24.2 Å². The molecule has 2 aromatic rings. The molecule has 1 amide bonds. The molecule has 2 heterocycles. The molecule has 1 aromatic heterocycles. The van der Waals surface area contributed by atoms with E-state index in [1.807, 2.05) is 6.92 Å².